The Labute approximate surface area is 200 Å². The predicted molar refractivity (Wildman–Crippen MR) is 126 cm³/mol. The molecule has 1 aliphatic rings. The van der Waals surface area contributed by atoms with Gasteiger partial charge >= 0.3 is 5.97 Å². The molecule has 0 spiro atoms. The first-order valence-electron chi connectivity index (χ1n) is 10.3. The summed E-state index contributed by atoms with van der Waals surface area (Å²) in [4.78, 5) is 29.6. The molecule has 1 saturated heterocycles. The van der Waals surface area contributed by atoms with Crippen LogP contribution >= 0.6 is 22.9 Å². The van der Waals surface area contributed by atoms with Crippen LogP contribution in [0.25, 0.3) is 10.2 Å². The number of sulfonamides is 1. The lowest BCUT2D eigenvalue weighted by molar-refractivity contribution is -0.141. The molecule has 0 saturated carbocycles. The number of aromatic nitrogens is 1. The van der Waals surface area contributed by atoms with Crippen LogP contribution in [0.5, 0.6) is 0 Å². The van der Waals surface area contributed by atoms with E-state index in [1.807, 2.05) is 13.0 Å². The molecule has 1 aromatic heterocycles. The Hall–Kier alpha value is -2.53. The Morgan fingerprint density at radius 3 is 2.42 bits per heavy atom. The number of aryl methyl sites for hydroxylation is 1. The van der Waals surface area contributed by atoms with E-state index >= 15 is 0 Å². The molecule has 8 nitrogen and oxygen atoms in total. The Kier molecular flexibility index (Phi) is 6.71. The van der Waals surface area contributed by atoms with Crippen molar-refractivity contribution in [2.75, 3.05) is 20.2 Å². The Balaban J connectivity index is 1.72. The van der Waals surface area contributed by atoms with Crippen LogP contribution in [0.3, 0.4) is 0 Å². The molecule has 33 heavy (non-hydrogen) atoms. The van der Waals surface area contributed by atoms with Crippen LogP contribution in [-0.2, 0) is 26.1 Å². The maximum Gasteiger partial charge on any atom is 0.325 e. The number of amides is 1. The molecule has 0 aliphatic carbocycles. The van der Waals surface area contributed by atoms with E-state index in [1.54, 1.807) is 10.6 Å². The van der Waals surface area contributed by atoms with Crippen molar-refractivity contribution in [2.24, 2.45) is 4.99 Å². The number of fused-ring (bicyclic) bond motifs is 1. The van der Waals surface area contributed by atoms with Gasteiger partial charge in [-0.2, -0.15) is 9.30 Å². The molecule has 3 aromatic rings. The fraction of sp³-hybridized carbons (Fsp3) is 0.318. The molecular weight excluding hydrogens is 486 g/mol. The van der Waals surface area contributed by atoms with Crippen molar-refractivity contribution < 1.29 is 22.7 Å². The second-order valence-corrected chi connectivity index (χ2v) is 11.0. The van der Waals surface area contributed by atoms with Crippen molar-refractivity contribution >= 4 is 55.1 Å². The van der Waals surface area contributed by atoms with Crippen molar-refractivity contribution in [1.29, 1.82) is 0 Å². The smallest absolute Gasteiger partial charge is 0.325 e. The standard InChI is InChI=1S/C22H22ClN3O5S2/c1-14-17(23)9-10-18-20(14)26(13-19(27)31-2)22(32-18)24-21(28)15-5-7-16(8-6-15)33(29,30)25-11-3-4-12-25/h5-10H,3-4,11-13H2,1-2H3. The third-order valence-corrected chi connectivity index (χ3v) is 8.91. The van der Waals surface area contributed by atoms with Gasteiger partial charge in [-0.15, -0.1) is 0 Å². The molecular formula is C22H22ClN3O5S2. The monoisotopic (exact) mass is 507 g/mol. The Bertz CT molecular complexity index is 1400. The Morgan fingerprint density at radius 2 is 1.79 bits per heavy atom. The van der Waals surface area contributed by atoms with Gasteiger partial charge in [0.2, 0.25) is 10.0 Å². The van der Waals surface area contributed by atoms with Gasteiger partial charge in [0.15, 0.2) is 4.80 Å². The number of rotatable bonds is 5. The minimum Gasteiger partial charge on any atom is -0.468 e. The number of carbonyl (C=O) groups excluding carboxylic acids is 2. The van der Waals surface area contributed by atoms with Gasteiger partial charge in [0.1, 0.15) is 6.54 Å². The number of halogens is 1. The summed E-state index contributed by atoms with van der Waals surface area (Å²) in [5.41, 5.74) is 1.71. The van der Waals surface area contributed by atoms with Gasteiger partial charge in [0.05, 0.1) is 22.2 Å². The first kappa shape index (κ1) is 23.6. The molecule has 174 valence electrons. The van der Waals surface area contributed by atoms with E-state index in [0.717, 1.165) is 23.1 Å². The van der Waals surface area contributed by atoms with Gasteiger partial charge in [0.25, 0.3) is 5.91 Å². The lowest BCUT2D eigenvalue weighted by atomic mass is 10.2. The number of ether oxygens (including phenoxy) is 1. The van der Waals surface area contributed by atoms with Crippen LogP contribution in [0.15, 0.2) is 46.3 Å². The highest BCUT2D eigenvalue weighted by Gasteiger charge is 2.27. The molecule has 0 N–H and O–H groups in total. The number of thiazole rings is 1. The number of methoxy groups -OCH3 is 1. The van der Waals surface area contributed by atoms with Crippen LogP contribution in [-0.4, -0.2) is 49.4 Å². The second-order valence-electron chi connectivity index (χ2n) is 7.62. The lowest BCUT2D eigenvalue weighted by Crippen LogP contribution is -2.27. The zero-order valence-corrected chi connectivity index (χ0v) is 20.5. The SMILES string of the molecule is COC(=O)Cn1c(=NC(=O)c2ccc(S(=O)(=O)N3CCCC3)cc2)sc2ccc(Cl)c(C)c21. The third kappa shape index (κ3) is 4.61. The lowest BCUT2D eigenvalue weighted by Gasteiger charge is -2.15. The van der Waals surface area contributed by atoms with Gasteiger partial charge in [-0.1, -0.05) is 22.9 Å². The number of hydrogen-bond acceptors (Lipinski definition) is 6. The van der Waals surface area contributed by atoms with E-state index in [9.17, 15) is 18.0 Å². The van der Waals surface area contributed by atoms with Crippen LogP contribution in [0, 0.1) is 6.92 Å². The molecule has 1 amide bonds. The topological polar surface area (TPSA) is 98.0 Å². The van der Waals surface area contributed by atoms with Crippen LogP contribution in [0.2, 0.25) is 5.02 Å². The van der Waals surface area contributed by atoms with E-state index in [0.29, 0.717) is 28.4 Å². The van der Waals surface area contributed by atoms with E-state index in [4.69, 9.17) is 16.3 Å². The minimum absolute atomic E-state index is 0.128. The van der Waals surface area contributed by atoms with Crippen molar-refractivity contribution in [3.05, 3.63) is 57.3 Å². The summed E-state index contributed by atoms with van der Waals surface area (Å²) in [5.74, 6) is -1.03. The van der Waals surface area contributed by atoms with Gasteiger partial charge < -0.3 is 9.30 Å². The van der Waals surface area contributed by atoms with Gasteiger partial charge in [-0.3, -0.25) is 9.59 Å². The van der Waals surface area contributed by atoms with Crippen LogP contribution < -0.4 is 4.80 Å². The number of carbonyl (C=O) groups is 2. The van der Waals surface area contributed by atoms with Crippen molar-refractivity contribution in [3.63, 3.8) is 0 Å². The van der Waals surface area contributed by atoms with Crippen molar-refractivity contribution in [2.45, 2.75) is 31.2 Å². The molecule has 11 heteroatoms. The highest BCUT2D eigenvalue weighted by atomic mass is 35.5. The summed E-state index contributed by atoms with van der Waals surface area (Å²) < 4.78 is 34.1. The zero-order chi connectivity index (χ0) is 23.8. The first-order valence-corrected chi connectivity index (χ1v) is 12.9. The largest absolute Gasteiger partial charge is 0.468 e. The summed E-state index contributed by atoms with van der Waals surface area (Å²) in [6, 6.07) is 9.32. The fourth-order valence-corrected chi connectivity index (χ4v) is 6.50. The molecule has 1 aliphatic heterocycles. The molecule has 4 rings (SSSR count). The average Bonchev–Trinajstić information content (AvgIpc) is 3.46. The minimum atomic E-state index is -3.56. The van der Waals surface area contributed by atoms with E-state index < -0.39 is 21.9 Å². The number of nitrogens with zero attached hydrogens (tertiary/aromatic N) is 3. The van der Waals surface area contributed by atoms with Gasteiger partial charge in [-0.25, -0.2) is 8.42 Å². The average molecular weight is 508 g/mol. The molecule has 0 radical (unpaired) electrons. The van der Waals surface area contributed by atoms with Gasteiger partial charge in [-0.05, 0) is 61.7 Å². The fourth-order valence-electron chi connectivity index (χ4n) is 3.74. The zero-order valence-electron chi connectivity index (χ0n) is 18.1. The highest BCUT2D eigenvalue weighted by molar-refractivity contribution is 7.89. The summed E-state index contributed by atoms with van der Waals surface area (Å²) in [6.45, 7) is 2.72. The van der Waals surface area contributed by atoms with Gasteiger partial charge in [0, 0.05) is 23.7 Å². The maximum absolute atomic E-state index is 12.9. The number of esters is 1. The number of benzene rings is 2. The summed E-state index contributed by atoms with van der Waals surface area (Å²) in [6.07, 6.45) is 1.69. The third-order valence-electron chi connectivity index (χ3n) is 5.55. The molecule has 0 atom stereocenters. The molecule has 0 bridgehead atoms. The highest BCUT2D eigenvalue weighted by Crippen LogP contribution is 2.27. The van der Waals surface area contributed by atoms with E-state index in [1.165, 1.54) is 47.0 Å². The molecule has 2 aromatic carbocycles. The number of hydrogen-bond donors (Lipinski definition) is 0. The van der Waals surface area contributed by atoms with Crippen LogP contribution in [0.4, 0.5) is 0 Å². The summed E-state index contributed by atoms with van der Waals surface area (Å²) in [7, 11) is -2.28. The first-order chi connectivity index (χ1) is 15.7. The quantitative estimate of drug-likeness (QED) is 0.493. The predicted octanol–water partition coefficient (Wildman–Crippen LogP) is 3.36. The Morgan fingerprint density at radius 1 is 1.12 bits per heavy atom. The second kappa shape index (κ2) is 9.38. The van der Waals surface area contributed by atoms with Crippen LogP contribution in [0.1, 0.15) is 28.8 Å². The molecule has 1 fully saturated rings. The summed E-state index contributed by atoms with van der Waals surface area (Å²) >= 11 is 7.52. The van der Waals surface area contributed by atoms with E-state index in [-0.39, 0.29) is 17.0 Å². The maximum atomic E-state index is 12.9. The van der Waals surface area contributed by atoms with Crippen molar-refractivity contribution in [3.8, 4) is 0 Å². The molecule has 2 heterocycles. The summed E-state index contributed by atoms with van der Waals surface area (Å²) in [5, 5.41) is 0.534. The van der Waals surface area contributed by atoms with E-state index in [2.05, 4.69) is 4.99 Å². The van der Waals surface area contributed by atoms with Crippen molar-refractivity contribution in [1.82, 2.24) is 8.87 Å². The molecule has 0 unspecified atom stereocenters. The normalized spacial score (nSPS) is 15.3.